The summed E-state index contributed by atoms with van der Waals surface area (Å²) in [6.07, 6.45) is 15.5. The maximum absolute atomic E-state index is 12.3. The Hall–Kier alpha value is -1.04. The second-order valence-electron chi connectivity index (χ2n) is 10.6. The Morgan fingerprint density at radius 3 is 2.77 bits per heavy atom. The molecule has 0 aromatic rings. The van der Waals surface area contributed by atoms with Crippen LogP contribution in [0.25, 0.3) is 0 Å². The number of allylic oxidation sites excluding steroid dienone is 3. The molecule has 31 heavy (non-hydrogen) atoms. The van der Waals surface area contributed by atoms with E-state index in [1.54, 1.807) is 5.57 Å². The highest BCUT2D eigenvalue weighted by molar-refractivity contribution is 5.27. The normalized spacial score (nSPS) is 37.6. The second-order valence-corrected chi connectivity index (χ2v) is 10.6. The number of hydrogen-bond donors (Lipinski definition) is 1. The number of fused-ring (bicyclic) bond motifs is 1. The molecule has 4 unspecified atom stereocenters. The van der Waals surface area contributed by atoms with Gasteiger partial charge in [0, 0.05) is 13.1 Å². The summed E-state index contributed by atoms with van der Waals surface area (Å²) in [4.78, 5) is 2.24. The SMILES string of the molecule is C=C1CC/C(=C/C=C2\CCCC3(C)C(CCCN4CC(OC(F)F)C4)CCC23)CC1O. The molecule has 4 rings (SSSR count). The standard InChI is InChI=1S/C26H39F2NO2/c1-18-7-8-19(15-24(18)30)9-10-20-5-3-13-26(2)21(11-12-23(20)26)6-4-14-29-16-22(17-29)31-25(27)28/h9-10,21-25,30H,1,3-8,11-17H2,2H3/b19-9-,20-10+. The second kappa shape index (κ2) is 9.84. The van der Waals surface area contributed by atoms with Crippen LogP contribution in [0.15, 0.2) is 35.5 Å². The summed E-state index contributed by atoms with van der Waals surface area (Å²) in [7, 11) is 0. The van der Waals surface area contributed by atoms with Gasteiger partial charge in [-0.15, -0.1) is 0 Å². The number of aliphatic hydroxyl groups excluding tert-OH is 1. The molecule has 0 bridgehead atoms. The molecule has 4 aliphatic rings. The van der Waals surface area contributed by atoms with Gasteiger partial charge in [0.15, 0.2) is 0 Å². The Balaban J connectivity index is 1.28. The number of aliphatic hydroxyl groups is 1. The Labute approximate surface area is 186 Å². The summed E-state index contributed by atoms with van der Waals surface area (Å²) >= 11 is 0. The summed E-state index contributed by atoms with van der Waals surface area (Å²) in [6, 6.07) is 0. The predicted molar refractivity (Wildman–Crippen MR) is 120 cm³/mol. The van der Waals surface area contributed by atoms with E-state index in [4.69, 9.17) is 0 Å². The van der Waals surface area contributed by atoms with Crippen LogP contribution in [0.3, 0.4) is 0 Å². The fourth-order valence-corrected chi connectivity index (χ4v) is 6.68. The molecule has 3 nitrogen and oxygen atoms in total. The summed E-state index contributed by atoms with van der Waals surface area (Å²) < 4.78 is 29.1. The van der Waals surface area contributed by atoms with E-state index in [1.165, 1.54) is 44.1 Å². The molecule has 1 aliphatic heterocycles. The Kier molecular flexibility index (Phi) is 7.34. The van der Waals surface area contributed by atoms with Crippen molar-refractivity contribution in [2.45, 2.75) is 90.0 Å². The van der Waals surface area contributed by atoms with Crippen molar-refractivity contribution < 1.29 is 18.6 Å². The van der Waals surface area contributed by atoms with Crippen molar-refractivity contribution in [1.82, 2.24) is 4.90 Å². The lowest BCUT2D eigenvalue weighted by Crippen LogP contribution is -2.52. The summed E-state index contributed by atoms with van der Waals surface area (Å²) in [6.45, 7) is 6.14. The van der Waals surface area contributed by atoms with E-state index in [1.807, 2.05) is 0 Å². The van der Waals surface area contributed by atoms with Crippen LogP contribution in [0.5, 0.6) is 0 Å². The molecule has 0 aromatic carbocycles. The minimum Gasteiger partial charge on any atom is -0.388 e. The molecule has 5 heteroatoms. The van der Waals surface area contributed by atoms with Gasteiger partial charge in [-0.05, 0) is 93.6 Å². The highest BCUT2D eigenvalue weighted by Gasteiger charge is 2.48. The first-order valence-electron chi connectivity index (χ1n) is 12.3. The third kappa shape index (κ3) is 5.31. The van der Waals surface area contributed by atoms with Gasteiger partial charge in [-0.25, -0.2) is 0 Å². The van der Waals surface area contributed by atoms with Gasteiger partial charge in [0.05, 0.1) is 12.2 Å². The highest BCUT2D eigenvalue weighted by Crippen LogP contribution is 2.58. The number of halogens is 2. The number of hydrogen-bond acceptors (Lipinski definition) is 3. The first-order chi connectivity index (χ1) is 14.8. The van der Waals surface area contributed by atoms with Crippen molar-refractivity contribution in [2.75, 3.05) is 19.6 Å². The maximum atomic E-state index is 12.3. The molecular formula is C26H39F2NO2. The van der Waals surface area contributed by atoms with Crippen molar-refractivity contribution in [3.63, 3.8) is 0 Å². The lowest BCUT2D eigenvalue weighted by atomic mass is 9.62. The van der Waals surface area contributed by atoms with Gasteiger partial charge >= 0.3 is 6.61 Å². The molecule has 0 spiro atoms. The topological polar surface area (TPSA) is 32.7 Å². The van der Waals surface area contributed by atoms with Crippen molar-refractivity contribution in [3.8, 4) is 0 Å². The average molecular weight is 436 g/mol. The Morgan fingerprint density at radius 2 is 2.03 bits per heavy atom. The summed E-state index contributed by atoms with van der Waals surface area (Å²) in [5, 5.41) is 10.1. The van der Waals surface area contributed by atoms with Crippen LogP contribution >= 0.6 is 0 Å². The van der Waals surface area contributed by atoms with Gasteiger partial charge in [0.2, 0.25) is 0 Å². The Morgan fingerprint density at radius 1 is 1.23 bits per heavy atom. The molecule has 3 saturated carbocycles. The third-order valence-electron chi connectivity index (χ3n) is 8.63. The largest absolute Gasteiger partial charge is 0.388 e. The van der Waals surface area contributed by atoms with Gasteiger partial charge in [-0.3, -0.25) is 4.90 Å². The molecule has 0 amide bonds. The van der Waals surface area contributed by atoms with Crippen molar-refractivity contribution in [1.29, 1.82) is 0 Å². The molecule has 1 saturated heterocycles. The number of ether oxygens (including phenoxy) is 1. The van der Waals surface area contributed by atoms with Crippen LogP contribution in [-0.2, 0) is 4.74 Å². The molecule has 1 N–H and O–H groups in total. The smallest absolute Gasteiger partial charge is 0.345 e. The van der Waals surface area contributed by atoms with E-state index in [0.717, 1.165) is 43.7 Å². The molecule has 0 aromatic heterocycles. The van der Waals surface area contributed by atoms with E-state index >= 15 is 0 Å². The van der Waals surface area contributed by atoms with Crippen LogP contribution in [0.2, 0.25) is 0 Å². The van der Waals surface area contributed by atoms with Crippen LogP contribution in [0.1, 0.15) is 71.1 Å². The first kappa shape index (κ1) is 23.1. The molecule has 3 aliphatic carbocycles. The van der Waals surface area contributed by atoms with Crippen LogP contribution < -0.4 is 0 Å². The lowest BCUT2D eigenvalue weighted by Gasteiger charge is -2.43. The fraction of sp³-hybridized carbons (Fsp3) is 0.769. The quantitative estimate of drug-likeness (QED) is 0.509. The van der Waals surface area contributed by atoms with Gasteiger partial charge < -0.3 is 9.84 Å². The minimum atomic E-state index is -2.64. The monoisotopic (exact) mass is 435 g/mol. The summed E-state index contributed by atoms with van der Waals surface area (Å²) in [5.74, 6) is 1.46. The van der Waals surface area contributed by atoms with Crippen LogP contribution in [0.4, 0.5) is 8.78 Å². The molecule has 1 heterocycles. The van der Waals surface area contributed by atoms with Crippen LogP contribution in [-0.4, -0.2) is 48.5 Å². The van der Waals surface area contributed by atoms with E-state index in [0.29, 0.717) is 24.4 Å². The van der Waals surface area contributed by atoms with Gasteiger partial charge in [-0.2, -0.15) is 8.78 Å². The third-order valence-corrected chi connectivity index (χ3v) is 8.63. The Bertz CT molecular complexity index is 712. The number of alkyl halides is 2. The van der Waals surface area contributed by atoms with Crippen molar-refractivity contribution in [2.24, 2.45) is 17.3 Å². The molecule has 0 radical (unpaired) electrons. The fourth-order valence-electron chi connectivity index (χ4n) is 6.68. The molecule has 174 valence electrons. The van der Waals surface area contributed by atoms with E-state index in [-0.39, 0.29) is 12.2 Å². The molecular weight excluding hydrogens is 396 g/mol. The minimum absolute atomic E-state index is 0.281. The first-order valence-corrected chi connectivity index (χ1v) is 12.3. The zero-order valence-electron chi connectivity index (χ0n) is 19.0. The van der Waals surface area contributed by atoms with Gasteiger partial charge in [0.1, 0.15) is 0 Å². The summed E-state index contributed by atoms with van der Waals surface area (Å²) in [5.41, 5.74) is 4.36. The average Bonchev–Trinajstić information content (AvgIpc) is 3.03. The van der Waals surface area contributed by atoms with Crippen molar-refractivity contribution >= 4 is 0 Å². The molecule has 4 atom stereocenters. The van der Waals surface area contributed by atoms with Crippen molar-refractivity contribution in [3.05, 3.63) is 35.5 Å². The lowest BCUT2D eigenvalue weighted by molar-refractivity contribution is -0.195. The number of nitrogens with zero attached hydrogens (tertiary/aromatic N) is 1. The zero-order chi connectivity index (χ0) is 22.0. The van der Waals surface area contributed by atoms with Gasteiger partial charge in [0.25, 0.3) is 0 Å². The van der Waals surface area contributed by atoms with Crippen LogP contribution in [0, 0.1) is 17.3 Å². The van der Waals surface area contributed by atoms with Gasteiger partial charge in [-0.1, -0.05) is 36.8 Å². The zero-order valence-corrected chi connectivity index (χ0v) is 19.0. The highest BCUT2D eigenvalue weighted by atomic mass is 19.3. The number of rotatable bonds is 7. The maximum Gasteiger partial charge on any atom is 0.345 e. The molecule has 4 fully saturated rings. The predicted octanol–water partition coefficient (Wildman–Crippen LogP) is 5.86. The number of likely N-dealkylation sites (tertiary alicyclic amines) is 1. The van der Waals surface area contributed by atoms with E-state index in [2.05, 4.69) is 35.3 Å². The van der Waals surface area contributed by atoms with E-state index < -0.39 is 6.61 Å². The van der Waals surface area contributed by atoms with E-state index in [9.17, 15) is 13.9 Å².